The number of amides is 1. The molecule has 0 radical (unpaired) electrons. The number of nitrogens with zero attached hydrogens (tertiary/aromatic N) is 5. The van der Waals surface area contributed by atoms with E-state index in [-0.39, 0.29) is 12.5 Å². The van der Waals surface area contributed by atoms with Gasteiger partial charge in [-0.25, -0.2) is 4.68 Å². The first-order valence-corrected chi connectivity index (χ1v) is 6.87. The molecular formula is C12H22N6O. The summed E-state index contributed by atoms with van der Waals surface area (Å²) in [5.74, 6) is 0.536. The lowest BCUT2D eigenvalue weighted by molar-refractivity contribution is -0.133. The van der Waals surface area contributed by atoms with E-state index in [1.54, 1.807) is 0 Å². The van der Waals surface area contributed by atoms with Crippen molar-refractivity contribution in [2.24, 2.45) is 5.92 Å². The lowest BCUT2D eigenvalue weighted by atomic mass is 10.1. The molecule has 106 valence electrons. The molecule has 1 amide bonds. The molecule has 0 aromatic carbocycles. The van der Waals surface area contributed by atoms with Gasteiger partial charge in [0.15, 0.2) is 0 Å². The molecule has 1 aliphatic rings. The molecule has 1 aliphatic heterocycles. The Labute approximate surface area is 113 Å². The average Bonchev–Trinajstić information content (AvgIpc) is 3.00. The van der Waals surface area contributed by atoms with Crippen LogP contribution in [0.4, 0.5) is 0 Å². The number of rotatable bonds is 6. The van der Waals surface area contributed by atoms with E-state index >= 15 is 0 Å². The lowest BCUT2D eigenvalue weighted by Gasteiger charge is -2.27. The van der Waals surface area contributed by atoms with Crippen LogP contribution in [0.25, 0.3) is 0 Å². The van der Waals surface area contributed by atoms with E-state index in [0.717, 1.165) is 26.1 Å². The lowest BCUT2D eigenvalue weighted by Crippen LogP contribution is -2.44. The van der Waals surface area contributed by atoms with Gasteiger partial charge in [0.05, 0.1) is 0 Å². The van der Waals surface area contributed by atoms with E-state index in [1.165, 1.54) is 17.4 Å². The Morgan fingerprint density at radius 1 is 1.58 bits per heavy atom. The molecule has 1 N–H and O–H groups in total. The summed E-state index contributed by atoms with van der Waals surface area (Å²) in [6.07, 6.45) is 3.81. The summed E-state index contributed by atoms with van der Waals surface area (Å²) in [7, 11) is 0. The normalized spacial score (nSPS) is 19.0. The summed E-state index contributed by atoms with van der Waals surface area (Å²) in [5, 5.41) is 14.3. The Kier molecular flexibility index (Phi) is 4.84. The summed E-state index contributed by atoms with van der Waals surface area (Å²) in [5.41, 5.74) is 0. The van der Waals surface area contributed by atoms with Gasteiger partial charge >= 0.3 is 0 Å². The molecule has 1 saturated heterocycles. The molecule has 1 fully saturated rings. The fraction of sp³-hybridized carbons (Fsp3) is 0.833. The topological polar surface area (TPSA) is 75.9 Å². The van der Waals surface area contributed by atoms with Gasteiger partial charge in [0.25, 0.3) is 0 Å². The summed E-state index contributed by atoms with van der Waals surface area (Å²) >= 11 is 0. The summed E-state index contributed by atoms with van der Waals surface area (Å²) in [4.78, 5) is 14.2. The minimum atomic E-state index is 0.0784. The Hall–Kier alpha value is -1.50. The van der Waals surface area contributed by atoms with Crippen molar-refractivity contribution in [2.45, 2.75) is 39.3 Å². The van der Waals surface area contributed by atoms with Crippen molar-refractivity contribution in [3.8, 4) is 0 Å². The predicted octanol–water partition coefficient (Wildman–Crippen LogP) is -0.0903. The van der Waals surface area contributed by atoms with Crippen molar-refractivity contribution in [3.05, 3.63) is 6.33 Å². The van der Waals surface area contributed by atoms with Crippen molar-refractivity contribution in [1.29, 1.82) is 0 Å². The number of hydrogen-bond donors (Lipinski definition) is 1. The second kappa shape index (κ2) is 6.60. The van der Waals surface area contributed by atoms with E-state index in [2.05, 4.69) is 34.7 Å². The quantitative estimate of drug-likeness (QED) is 0.779. The number of carbonyl (C=O) groups excluding carboxylic acids is 1. The Morgan fingerprint density at radius 3 is 3.00 bits per heavy atom. The maximum absolute atomic E-state index is 12.3. The highest BCUT2D eigenvalue weighted by Crippen LogP contribution is 2.09. The number of carbonyl (C=O) groups is 1. The molecule has 2 rings (SSSR count). The SMILES string of the molecule is CC(C)CN(CC1CCCN1)C(=O)Cn1cnnn1. The summed E-state index contributed by atoms with van der Waals surface area (Å²) in [6.45, 7) is 7.07. The maximum atomic E-state index is 12.3. The largest absolute Gasteiger partial charge is 0.339 e. The first kappa shape index (κ1) is 13.9. The third kappa shape index (κ3) is 4.27. The second-order valence-corrected chi connectivity index (χ2v) is 5.49. The highest BCUT2D eigenvalue weighted by atomic mass is 16.2. The predicted molar refractivity (Wildman–Crippen MR) is 70.3 cm³/mol. The third-order valence-electron chi connectivity index (χ3n) is 3.23. The van der Waals surface area contributed by atoms with Crippen molar-refractivity contribution in [2.75, 3.05) is 19.6 Å². The van der Waals surface area contributed by atoms with E-state index < -0.39 is 0 Å². The molecule has 7 nitrogen and oxygen atoms in total. The molecule has 0 aliphatic carbocycles. The molecule has 1 aromatic rings. The van der Waals surface area contributed by atoms with Crippen molar-refractivity contribution in [3.63, 3.8) is 0 Å². The molecule has 0 bridgehead atoms. The van der Waals surface area contributed by atoms with Gasteiger partial charge in [0, 0.05) is 19.1 Å². The maximum Gasteiger partial charge on any atom is 0.244 e. The van der Waals surface area contributed by atoms with Gasteiger partial charge in [-0.2, -0.15) is 0 Å². The van der Waals surface area contributed by atoms with Crippen LogP contribution in [-0.2, 0) is 11.3 Å². The van der Waals surface area contributed by atoms with Gasteiger partial charge in [-0.15, -0.1) is 5.10 Å². The van der Waals surface area contributed by atoms with Crippen LogP contribution < -0.4 is 5.32 Å². The van der Waals surface area contributed by atoms with Gasteiger partial charge in [0.1, 0.15) is 12.9 Å². The standard InChI is InChI=1S/C12H22N6O/c1-10(2)6-17(7-11-4-3-5-13-11)12(19)8-18-9-14-15-16-18/h9-11,13H,3-8H2,1-2H3. The fourth-order valence-corrected chi connectivity index (χ4v) is 2.39. The minimum Gasteiger partial charge on any atom is -0.339 e. The highest BCUT2D eigenvalue weighted by molar-refractivity contribution is 5.75. The molecule has 2 heterocycles. The fourth-order valence-electron chi connectivity index (χ4n) is 2.39. The van der Waals surface area contributed by atoms with E-state index in [4.69, 9.17) is 0 Å². The van der Waals surface area contributed by atoms with Crippen LogP contribution >= 0.6 is 0 Å². The zero-order valence-electron chi connectivity index (χ0n) is 11.6. The number of aromatic nitrogens is 4. The highest BCUT2D eigenvalue weighted by Gasteiger charge is 2.22. The first-order valence-electron chi connectivity index (χ1n) is 6.87. The van der Waals surface area contributed by atoms with E-state index in [9.17, 15) is 4.79 Å². The number of hydrogen-bond acceptors (Lipinski definition) is 5. The Morgan fingerprint density at radius 2 is 2.42 bits per heavy atom. The number of nitrogens with one attached hydrogen (secondary N) is 1. The Bertz CT molecular complexity index is 385. The van der Waals surface area contributed by atoms with Crippen LogP contribution in [0.3, 0.4) is 0 Å². The second-order valence-electron chi connectivity index (χ2n) is 5.49. The molecule has 0 spiro atoms. The Balaban J connectivity index is 1.92. The summed E-state index contributed by atoms with van der Waals surface area (Å²) < 4.78 is 1.47. The molecule has 7 heteroatoms. The molecular weight excluding hydrogens is 244 g/mol. The zero-order chi connectivity index (χ0) is 13.7. The van der Waals surface area contributed by atoms with Gasteiger partial charge in [-0.3, -0.25) is 4.79 Å². The van der Waals surface area contributed by atoms with Crippen molar-refractivity contribution < 1.29 is 4.79 Å². The molecule has 1 aromatic heterocycles. The van der Waals surface area contributed by atoms with Gasteiger partial charge in [-0.05, 0) is 35.7 Å². The molecule has 0 saturated carbocycles. The third-order valence-corrected chi connectivity index (χ3v) is 3.23. The van der Waals surface area contributed by atoms with Gasteiger partial charge in [-0.1, -0.05) is 13.8 Å². The zero-order valence-corrected chi connectivity index (χ0v) is 11.6. The molecule has 1 atom stereocenters. The molecule has 19 heavy (non-hydrogen) atoms. The van der Waals surface area contributed by atoms with Crippen LogP contribution in [0.2, 0.25) is 0 Å². The smallest absolute Gasteiger partial charge is 0.244 e. The van der Waals surface area contributed by atoms with E-state index in [1.807, 2.05) is 4.90 Å². The van der Waals surface area contributed by atoms with Gasteiger partial charge in [0.2, 0.25) is 5.91 Å². The minimum absolute atomic E-state index is 0.0784. The van der Waals surface area contributed by atoms with Gasteiger partial charge < -0.3 is 10.2 Å². The molecule has 1 unspecified atom stereocenters. The van der Waals surface area contributed by atoms with Crippen molar-refractivity contribution >= 4 is 5.91 Å². The monoisotopic (exact) mass is 266 g/mol. The van der Waals surface area contributed by atoms with Crippen LogP contribution in [-0.4, -0.2) is 56.7 Å². The first-order chi connectivity index (χ1) is 9.15. The average molecular weight is 266 g/mol. The van der Waals surface area contributed by atoms with Crippen LogP contribution in [0.1, 0.15) is 26.7 Å². The van der Waals surface area contributed by atoms with Crippen LogP contribution in [0.15, 0.2) is 6.33 Å². The number of tetrazole rings is 1. The summed E-state index contributed by atoms with van der Waals surface area (Å²) in [6, 6.07) is 0.427. The van der Waals surface area contributed by atoms with Crippen LogP contribution in [0.5, 0.6) is 0 Å². The van der Waals surface area contributed by atoms with E-state index in [0.29, 0.717) is 12.0 Å². The van der Waals surface area contributed by atoms with Crippen molar-refractivity contribution in [1.82, 2.24) is 30.4 Å². The van der Waals surface area contributed by atoms with Crippen LogP contribution in [0, 0.1) is 5.92 Å².